The highest BCUT2D eigenvalue weighted by Gasteiger charge is 2.33. The molecule has 0 atom stereocenters. The van der Waals surface area contributed by atoms with Gasteiger partial charge in [-0.2, -0.15) is 0 Å². The summed E-state index contributed by atoms with van der Waals surface area (Å²) in [6, 6.07) is 13.0. The van der Waals surface area contributed by atoms with Crippen LogP contribution in [0, 0.1) is 0 Å². The number of hydrogen-bond donors (Lipinski definition) is 3. The molecule has 1 fully saturated rings. The number of ether oxygens (including phenoxy) is 1. The van der Waals surface area contributed by atoms with Crippen LogP contribution in [0.5, 0.6) is 5.75 Å². The highest BCUT2D eigenvalue weighted by molar-refractivity contribution is 5.76. The monoisotopic (exact) mass is 395 g/mol. The first-order valence-corrected chi connectivity index (χ1v) is 10.6. The van der Waals surface area contributed by atoms with Crippen molar-refractivity contribution in [3.63, 3.8) is 0 Å². The third-order valence-electron chi connectivity index (χ3n) is 5.90. The summed E-state index contributed by atoms with van der Waals surface area (Å²) in [4.78, 5) is 2.52. The van der Waals surface area contributed by atoms with Gasteiger partial charge in [0.15, 0.2) is 0 Å². The first-order valence-electron chi connectivity index (χ1n) is 10.6. The molecule has 29 heavy (non-hydrogen) atoms. The highest BCUT2D eigenvalue weighted by Crippen LogP contribution is 2.46. The fraction of sp³-hybridized carbons (Fsp3) is 0.500. The molecule has 0 radical (unpaired) electrons. The van der Waals surface area contributed by atoms with Crippen LogP contribution in [0.1, 0.15) is 44.4 Å². The standard InChI is InChI=1S/C24H33N3O2/c1-23(2,28)16-29-18-6-7-19-22(14-18)26-21-8-5-17(13-20(21)24(19,3)4)15-27-11-9-25-10-12-27/h5-8,13-14,25-26,28H,9-12,15-16H2,1-4H3. The third-order valence-corrected chi connectivity index (χ3v) is 5.90. The van der Waals surface area contributed by atoms with Crippen LogP contribution >= 0.6 is 0 Å². The van der Waals surface area contributed by atoms with Crippen LogP contribution in [-0.4, -0.2) is 48.4 Å². The smallest absolute Gasteiger partial charge is 0.121 e. The van der Waals surface area contributed by atoms with Crippen molar-refractivity contribution in [2.45, 2.75) is 45.3 Å². The molecular weight excluding hydrogens is 362 g/mol. The molecule has 3 N–H and O–H groups in total. The maximum Gasteiger partial charge on any atom is 0.121 e. The van der Waals surface area contributed by atoms with Crippen LogP contribution in [0.25, 0.3) is 0 Å². The highest BCUT2D eigenvalue weighted by atomic mass is 16.5. The second kappa shape index (κ2) is 7.63. The van der Waals surface area contributed by atoms with E-state index in [9.17, 15) is 5.11 Å². The molecule has 0 spiro atoms. The maximum absolute atomic E-state index is 9.93. The summed E-state index contributed by atoms with van der Waals surface area (Å²) in [5, 5.41) is 16.9. The average molecular weight is 396 g/mol. The molecule has 2 aliphatic rings. The molecule has 4 rings (SSSR count). The van der Waals surface area contributed by atoms with E-state index in [2.05, 4.69) is 53.6 Å². The van der Waals surface area contributed by atoms with Gasteiger partial charge in [0.2, 0.25) is 0 Å². The molecule has 2 aromatic carbocycles. The summed E-state index contributed by atoms with van der Waals surface area (Å²) in [6.07, 6.45) is 0. The second-order valence-corrected chi connectivity index (χ2v) is 9.46. The number of fused-ring (bicyclic) bond motifs is 2. The van der Waals surface area contributed by atoms with Gasteiger partial charge in [-0.25, -0.2) is 0 Å². The Kier molecular flexibility index (Phi) is 5.32. The lowest BCUT2D eigenvalue weighted by Crippen LogP contribution is -2.42. The summed E-state index contributed by atoms with van der Waals surface area (Å²) < 4.78 is 5.80. The van der Waals surface area contributed by atoms with Gasteiger partial charge in [-0.3, -0.25) is 4.90 Å². The van der Waals surface area contributed by atoms with Crippen LogP contribution < -0.4 is 15.4 Å². The third kappa shape index (κ3) is 4.42. The summed E-state index contributed by atoms with van der Waals surface area (Å²) in [5.41, 5.74) is 5.26. The number of benzene rings is 2. The largest absolute Gasteiger partial charge is 0.491 e. The van der Waals surface area contributed by atoms with Crippen molar-refractivity contribution in [2.24, 2.45) is 0 Å². The van der Waals surface area contributed by atoms with E-state index in [1.807, 2.05) is 12.1 Å². The number of nitrogens with one attached hydrogen (secondary N) is 2. The fourth-order valence-corrected chi connectivity index (χ4v) is 4.25. The van der Waals surface area contributed by atoms with Crippen molar-refractivity contribution >= 4 is 11.4 Å². The minimum atomic E-state index is -0.851. The zero-order chi connectivity index (χ0) is 20.6. The van der Waals surface area contributed by atoms with Crippen molar-refractivity contribution in [1.29, 1.82) is 0 Å². The lowest BCUT2D eigenvalue weighted by molar-refractivity contribution is 0.0285. The zero-order valence-electron chi connectivity index (χ0n) is 18.0. The predicted octanol–water partition coefficient (Wildman–Crippen LogP) is 3.62. The molecule has 5 heteroatoms. The average Bonchev–Trinajstić information content (AvgIpc) is 2.67. The van der Waals surface area contributed by atoms with Crippen LogP contribution in [0.2, 0.25) is 0 Å². The van der Waals surface area contributed by atoms with Gasteiger partial charge in [0.1, 0.15) is 12.4 Å². The number of anilines is 2. The van der Waals surface area contributed by atoms with Gasteiger partial charge in [-0.1, -0.05) is 32.0 Å². The molecule has 2 aliphatic heterocycles. The van der Waals surface area contributed by atoms with Gasteiger partial charge in [0, 0.05) is 55.6 Å². The Morgan fingerprint density at radius 1 is 1.03 bits per heavy atom. The zero-order valence-corrected chi connectivity index (χ0v) is 18.0. The predicted molar refractivity (Wildman–Crippen MR) is 118 cm³/mol. The summed E-state index contributed by atoms with van der Waals surface area (Å²) >= 11 is 0. The Morgan fingerprint density at radius 3 is 2.52 bits per heavy atom. The first-order chi connectivity index (χ1) is 13.7. The van der Waals surface area contributed by atoms with Crippen LogP contribution in [-0.2, 0) is 12.0 Å². The molecule has 2 aromatic rings. The van der Waals surface area contributed by atoms with Gasteiger partial charge in [0.25, 0.3) is 0 Å². The Balaban J connectivity index is 1.58. The number of piperazine rings is 1. The van der Waals surface area contributed by atoms with E-state index in [1.165, 1.54) is 16.7 Å². The van der Waals surface area contributed by atoms with Crippen molar-refractivity contribution in [3.05, 3.63) is 53.1 Å². The molecule has 1 saturated heterocycles. The molecule has 2 heterocycles. The molecule has 156 valence electrons. The lowest BCUT2D eigenvalue weighted by Gasteiger charge is -2.36. The van der Waals surface area contributed by atoms with Crippen LogP contribution in [0.3, 0.4) is 0 Å². The van der Waals surface area contributed by atoms with Crippen molar-refractivity contribution < 1.29 is 9.84 Å². The van der Waals surface area contributed by atoms with E-state index < -0.39 is 5.60 Å². The normalized spacial score (nSPS) is 18.5. The molecular formula is C24H33N3O2. The molecule has 0 aromatic heterocycles. The van der Waals surface area contributed by atoms with Gasteiger partial charge >= 0.3 is 0 Å². The van der Waals surface area contributed by atoms with Gasteiger partial charge in [-0.15, -0.1) is 0 Å². The van der Waals surface area contributed by atoms with Crippen molar-refractivity contribution in [3.8, 4) is 5.75 Å². The Morgan fingerprint density at radius 2 is 1.79 bits per heavy atom. The van der Waals surface area contributed by atoms with E-state index in [0.29, 0.717) is 0 Å². The lowest BCUT2D eigenvalue weighted by atomic mass is 9.74. The molecule has 0 bridgehead atoms. The van der Waals surface area contributed by atoms with Crippen molar-refractivity contribution in [2.75, 3.05) is 38.1 Å². The van der Waals surface area contributed by atoms with E-state index >= 15 is 0 Å². The number of hydrogen-bond acceptors (Lipinski definition) is 5. The molecule has 0 aliphatic carbocycles. The number of aliphatic hydroxyl groups is 1. The SMILES string of the molecule is CC(C)(O)COc1ccc2c(c1)Nc1ccc(CN3CCNCC3)cc1C2(C)C. The fourth-order valence-electron chi connectivity index (χ4n) is 4.25. The topological polar surface area (TPSA) is 56.8 Å². The van der Waals surface area contributed by atoms with E-state index in [-0.39, 0.29) is 12.0 Å². The Hall–Kier alpha value is -2.08. The van der Waals surface area contributed by atoms with Gasteiger partial charge in [-0.05, 0) is 42.7 Å². The second-order valence-electron chi connectivity index (χ2n) is 9.46. The minimum absolute atomic E-state index is 0.0931. The van der Waals surface area contributed by atoms with Gasteiger partial charge < -0.3 is 20.5 Å². The number of rotatable bonds is 5. The van der Waals surface area contributed by atoms with Crippen LogP contribution in [0.4, 0.5) is 11.4 Å². The first kappa shape index (κ1) is 20.2. The van der Waals surface area contributed by atoms with Crippen molar-refractivity contribution in [1.82, 2.24) is 10.2 Å². The van der Waals surface area contributed by atoms with E-state index in [4.69, 9.17) is 4.74 Å². The van der Waals surface area contributed by atoms with Gasteiger partial charge in [0.05, 0.1) is 5.60 Å². The molecule has 0 saturated carbocycles. The Bertz CT molecular complexity index is 880. The Labute approximate surface area is 174 Å². The molecule has 5 nitrogen and oxygen atoms in total. The van der Waals surface area contributed by atoms with E-state index in [1.54, 1.807) is 13.8 Å². The quantitative estimate of drug-likeness (QED) is 0.722. The molecule has 0 amide bonds. The summed E-state index contributed by atoms with van der Waals surface area (Å²) in [5.74, 6) is 0.771. The summed E-state index contributed by atoms with van der Waals surface area (Å²) in [7, 11) is 0. The maximum atomic E-state index is 9.93. The van der Waals surface area contributed by atoms with E-state index in [0.717, 1.165) is 49.8 Å². The van der Waals surface area contributed by atoms with Crippen LogP contribution in [0.15, 0.2) is 36.4 Å². The molecule has 0 unspecified atom stereocenters. The number of nitrogens with zero attached hydrogens (tertiary/aromatic N) is 1. The minimum Gasteiger partial charge on any atom is -0.491 e. The summed E-state index contributed by atoms with van der Waals surface area (Å²) in [6.45, 7) is 13.7.